The molecule has 0 radical (unpaired) electrons. The number of rotatable bonds is 5. The maximum atomic E-state index is 6.37. The fourth-order valence-electron chi connectivity index (χ4n) is 8.71. The van der Waals surface area contributed by atoms with E-state index in [2.05, 4.69) is 185 Å². The smallest absolute Gasteiger partial charge is 0.162 e. The topological polar surface area (TPSA) is 48.8 Å². The summed E-state index contributed by atoms with van der Waals surface area (Å²) in [5.41, 5.74) is 12.3. The van der Waals surface area contributed by atoms with Gasteiger partial charge in [0.15, 0.2) is 5.82 Å². The van der Waals surface area contributed by atoms with E-state index in [1.165, 1.54) is 27.1 Å². The minimum absolute atomic E-state index is 0.649. The molecule has 57 heavy (non-hydrogen) atoms. The molecule has 0 aliphatic heterocycles. The van der Waals surface area contributed by atoms with Crippen molar-refractivity contribution in [2.24, 2.45) is 0 Å². The Morgan fingerprint density at radius 1 is 0.333 bits per heavy atom. The normalized spacial score (nSPS) is 11.9. The molecule has 12 aromatic rings. The predicted molar refractivity (Wildman–Crippen MR) is 234 cm³/mol. The van der Waals surface area contributed by atoms with Crippen molar-refractivity contribution in [3.8, 4) is 45.3 Å². The van der Waals surface area contributed by atoms with Crippen LogP contribution in [-0.2, 0) is 0 Å². The summed E-state index contributed by atoms with van der Waals surface area (Å²) in [7, 11) is 0. The van der Waals surface area contributed by atoms with E-state index >= 15 is 0 Å². The lowest BCUT2D eigenvalue weighted by Crippen LogP contribution is -2.03. The highest BCUT2D eigenvalue weighted by molar-refractivity contribution is 6.19. The Balaban J connectivity index is 1.15. The lowest BCUT2D eigenvalue weighted by atomic mass is 10.0. The lowest BCUT2D eigenvalue weighted by Gasteiger charge is -2.13. The van der Waals surface area contributed by atoms with Gasteiger partial charge in [-0.2, -0.15) is 0 Å². The van der Waals surface area contributed by atoms with Crippen LogP contribution in [0, 0.1) is 0 Å². The van der Waals surface area contributed by atoms with Crippen molar-refractivity contribution in [2.75, 3.05) is 0 Å². The van der Waals surface area contributed by atoms with Gasteiger partial charge in [0.1, 0.15) is 17.0 Å². The highest BCUT2D eigenvalue weighted by atomic mass is 16.3. The average molecular weight is 729 g/mol. The van der Waals surface area contributed by atoms with Gasteiger partial charge in [-0.25, -0.2) is 9.97 Å². The second-order valence-electron chi connectivity index (χ2n) is 14.6. The molecule has 0 bridgehead atoms. The first kappa shape index (κ1) is 31.6. The van der Waals surface area contributed by atoms with Gasteiger partial charge in [-0.15, -0.1) is 0 Å². The third kappa shape index (κ3) is 4.96. The number of para-hydroxylation sites is 4. The Hall–Kier alpha value is -7.76. The van der Waals surface area contributed by atoms with Crippen molar-refractivity contribution in [1.82, 2.24) is 19.1 Å². The summed E-state index contributed by atoms with van der Waals surface area (Å²) < 4.78 is 11.1. The molecule has 5 heteroatoms. The number of fused-ring (bicyclic) bond motifs is 9. The highest BCUT2D eigenvalue weighted by Crippen LogP contribution is 2.40. The highest BCUT2D eigenvalue weighted by Gasteiger charge is 2.21. The standard InChI is InChI=1S/C52H32N4O/c1-3-14-33(15-4-1)34-16-13-17-36(28-34)52-53-44(35-26-27-41-40-22-9-12-25-49(40)57-50(41)29-35)31-51(54-52)56-46-24-11-8-21-39(46)43-30-42-38-20-7-10-23-45(38)55(47(42)32-48(43)56)37-18-5-2-6-19-37/h1-32H. The molecular weight excluding hydrogens is 697 g/mol. The van der Waals surface area contributed by atoms with E-state index in [1.807, 2.05) is 18.2 Å². The van der Waals surface area contributed by atoms with Crippen LogP contribution in [0.2, 0.25) is 0 Å². The lowest BCUT2D eigenvalue weighted by molar-refractivity contribution is 0.669. The summed E-state index contributed by atoms with van der Waals surface area (Å²) >= 11 is 0. The van der Waals surface area contributed by atoms with Crippen LogP contribution in [0.15, 0.2) is 199 Å². The third-order valence-corrected chi connectivity index (χ3v) is 11.3. The van der Waals surface area contributed by atoms with Gasteiger partial charge in [0.05, 0.1) is 27.8 Å². The van der Waals surface area contributed by atoms with Crippen LogP contribution < -0.4 is 0 Å². The van der Waals surface area contributed by atoms with Gasteiger partial charge >= 0.3 is 0 Å². The minimum atomic E-state index is 0.649. The molecule has 4 aromatic heterocycles. The summed E-state index contributed by atoms with van der Waals surface area (Å²) in [6.45, 7) is 0. The van der Waals surface area contributed by atoms with Crippen molar-refractivity contribution in [1.29, 1.82) is 0 Å². The van der Waals surface area contributed by atoms with E-state index in [0.717, 1.165) is 77.9 Å². The fourth-order valence-corrected chi connectivity index (χ4v) is 8.71. The molecule has 0 fully saturated rings. The average Bonchev–Trinajstić information content (AvgIpc) is 3.93. The SMILES string of the molecule is c1ccc(-c2cccc(-c3nc(-c4ccc5c(c4)oc4ccccc45)cc(-n4c5ccccc5c5cc6c7ccccc7n(-c7ccccc7)c6cc54)n3)c2)cc1. The zero-order chi connectivity index (χ0) is 37.5. The molecule has 0 aliphatic carbocycles. The monoisotopic (exact) mass is 728 g/mol. The van der Waals surface area contributed by atoms with Crippen LogP contribution in [0.3, 0.4) is 0 Å². The molecular formula is C52H32N4O. The van der Waals surface area contributed by atoms with Crippen LogP contribution >= 0.6 is 0 Å². The molecule has 5 nitrogen and oxygen atoms in total. The molecule has 8 aromatic carbocycles. The van der Waals surface area contributed by atoms with E-state index in [-0.39, 0.29) is 0 Å². The van der Waals surface area contributed by atoms with Crippen molar-refractivity contribution in [2.45, 2.75) is 0 Å². The number of nitrogens with zero attached hydrogens (tertiary/aromatic N) is 4. The van der Waals surface area contributed by atoms with E-state index in [1.54, 1.807) is 0 Å². The van der Waals surface area contributed by atoms with Crippen LogP contribution in [0.4, 0.5) is 0 Å². The number of benzene rings is 8. The molecule has 0 spiro atoms. The van der Waals surface area contributed by atoms with Gasteiger partial charge in [0.25, 0.3) is 0 Å². The maximum Gasteiger partial charge on any atom is 0.162 e. The van der Waals surface area contributed by atoms with Gasteiger partial charge in [-0.05, 0) is 71.8 Å². The van der Waals surface area contributed by atoms with Gasteiger partial charge in [-0.1, -0.05) is 127 Å². The molecule has 0 N–H and O–H groups in total. The molecule has 0 aliphatic rings. The second-order valence-corrected chi connectivity index (χ2v) is 14.6. The van der Waals surface area contributed by atoms with Crippen LogP contribution in [-0.4, -0.2) is 19.1 Å². The van der Waals surface area contributed by atoms with Crippen molar-refractivity contribution in [3.63, 3.8) is 0 Å². The largest absolute Gasteiger partial charge is 0.456 e. The minimum Gasteiger partial charge on any atom is -0.456 e. The Bertz CT molecular complexity index is 3520. The molecule has 266 valence electrons. The first-order valence-electron chi connectivity index (χ1n) is 19.2. The summed E-state index contributed by atoms with van der Waals surface area (Å²) in [4.78, 5) is 10.7. The summed E-state index contributed by atoms with van der Waals surface area (Å²) in [5, 5.41) is 6.96. The van der Waals surface area contributed by atoms with E-state index in [4.69, 9.17) is 14.4 Å². The Morgan fingerprint density at radius 3 is 1.74 bits per heavy atom. The number of aromatic nitrogens is 4. The molecule has 4 heterocycles. The van der Waals surface area contributed by atoms with Crippen LogP contribution in [0.1, 0.15) is 0 Å². The van der Waals surface area contributed by atoms with Gasteiger partial charge in [0, 0.05) is 55.2 Å². The first-order chi connectivity index (χ1) is 28.2. The Morgan fingerprint density at radius 2 is 0.947 bits per heavy atom. The second kappa shape index (κ2) is 12.4. The van der Waals surface area contributed by atoms with Crippen LogP contribution in [0.25, 0.3) is 111 Å². The van der Waals surface area contributed by atoms with Crippen molar-refractivity contribution in [3.05, 3.63) is 194 Å². The van der Waals surface area contributed by atoms with Crippen LogP contribution in [0.5, 0.6) is 0 Å². The number of hydrogen-bond acceptors (Lipinski definition) is 3. The summed E-state index contributed by atoms with van der Waals surface area (Å²) in [6.07, 6.45) is 0. The Labute approximate surface area is 327 Å². The van der Waals surface area contributed by atoms with Gasteiger partial charge in [0.2, 0.25) is 0 Å². The molecule has 0 saturated carbocycles. The molecule has 0 amide bonds. The van der Waals surface area contributed by atoms with Crippen molar-refractivity contribution >= 4 is 65.6 Å². The zero-order valence-electron chi connectivity index (χ0n) is 30.7. The molecule has 12 rings (SSSR count). The molecule has 0 atom stereocenters. The van der Waals surface area contributed by atoms with E-state index in [0.29, 0.717) is 5.82 Å². The van der Waals surface area contributed by atoms with Crippen molar-refractivity contribution < 1.29 is 4.42 Å². The zero-order valence-corrected chi connectivity index (χ0v) is 30.7. The van der Waals surface area contributed by atoms with E-state index in [9.17, 15) is 0 Å². The predicted octanol–water partition coefficient (Wildman–Crippen LogP) is 13.6. The summed E-state index contributed by atoms with van der Waals surface area (Å²) in [6, 6.07) is 68.4. The van der Waals surface area contributed by atoms with Gasteiger partial charge in [-0.3, -0.25) is 4.57 Å². The third-order valence-electron chi connectivity index (χ3n) is 11.3. The summed E-state index contributed by atoms with van der Waals surface area (Å²) in [5.74, 6) is 1.44. The fraction of sp³-hybridized carbons (Fsp3) is 0. The van der Waals surface area contributed by atoms with Gasteiger partial charge < -0.3 is 8.98 Å². The molecule has 0 unspecified atom stereocenters. The quantitative estimate of drug-likeness (QED) is 0.177. The first-order valence-corrected chi connectivity index (χ1v) is 19.2. The Kier molecular flexibility index (Phi) is 6.86. The molecule has 0 saturated heterocycles. The number of hydrogen-bond donors (Lipinski definition) is 0. The van der Waals surface area contributed by atoms with E-state index < -0.39 is 0 Å². The maximum absolute atomic E-state index is 6.37. The number of furan rings is 1.